The van der Waals surface area contributed by atoms with E-state index in [9.17, 15) is 0 Å². The van der Waals surface area contributed by atoms with Gasteiger partial charge in [0.15, 0.2) is 0 Å². The summed E-state index contributed by atoms with van der Waals surface area (Å²) in [6, 6.07) is 34.0. The monoisotopic (exact) mass is 494 g/mol. The van der Waals surface area contributed by atoms with Crippen molar-refractivity contribution in [1.82, 2.24) is 0 Å². The fraction of sp³-hybridized carbons (Fsp3) is 0.438. The first-order valence-corrected chi connectivity index (χ1v) is 15.4. The molecule has 0 aliphatic rings. The summed E-state index contributed by atoms with van der Waals surface area (Å²) >= 11 is 0. The molecule has 0 heterocycles. The second-order valence-corrected chi connectivity index (χ2v) is 13.0. The van der Waals surface area contributed by atoms with Crippen molar-refractivity contribution in [3.8, 4) is 0 Å². The predicted octanol–water partition coefficient (Wildman–Crippen LogP) is 5.69. The average molecular weight is 495 g/mol. The van der Waals surface area contributed by atoms with Gasteiger partial charge in [-0.1, -0.05) is 126 Å². The molecule has 0 bridgehead atoms. The van der Waals surface area contributed by atoms with Crippen molar-refractivity contribution in [2.45, 2.75) is 84.0 Å². The van der Waals surface area contributed by atoms with Crippen LogP contribution >= 0.6 is 7.26 Å². The lowest BCUT2D eigenvalue weighted by Crippen LogP contribution is -3.00. The van der Waals surface area contributed by atoms with Gasteiger partial charge in [0.2, 0.25) is 0 Å². The Morgan fingerprint density at radius 1 is 0.412 bits per heavy atom. The van der Waals surface area contributed by atoms with E-state index in [-0.39, 0.29) is 12.4 Å². The quantitative estimate of drug-likeness (QED) is 0.177. The zero-order valence-electron chi connectivity index (χ0n) is 21.2. The van der Waals surface area contributed by atoms with Crippen LogP contribution in [0.25, 0.3) is 0 Å². The van der Waals surface area contributed by atoms with Crippen LogP contribution in [-0.2, 0) is 0 Å². The van der Waals surface area contributed by atoms with Gasteiger partial charge in [-0.25, -0.2) is 0 Å². The van der Waals surface area contributed by atoms with Crippen molar-refractivity contribution >= 4 is 23.2 Å². The Hall–Kier alpha value is -1.62. The summed E-state index contributed by atoms with van der Waals surface area (Å²) in [6.45, 7) is 2.30. The number of hydrogen-bond donors (Lipinski definition) is 0. The van der Waals surface area contributed by atoms with Gasteiger partial charge in [-0.05, 0) is 49.2 Å². The minimum absolute atomic E-state index is 0. The van der Waals surface area contributed by atoms with Crippen molar-refractivity contribution < 1.29 is 12.4 Å². The lowest BCUT2D eigenvalue weighted by molar-refractivity contribution is -0.00000674. The first-order valence-electron chi connectivity index (χ1n) is 13.4. The van der Waals surface area contributed by atoms with Gasteiger partial charge in [-0.3, -0.25) is 0 Å². The molecule has 0 saturated heterocycles. The fourth-order valence-electron chi connectivity index (χ4n) is 5.07. The molecule has 0 amide bonds. The Morgan fingerprint density at radius 3 is 1.03 bits per heavy atom. The summed E-state index contributed by atoms with van der Waals surface area (Å²) in [6.07, 6.45) is 18.1. The van der Waals surface area contributed by atoms with Crippen molar-refractivity contribution in [1.29, 1.82) is 0 Å². The van der Waals surface area contributed by atoms with Gasteiger partial charge >= 0.3 is 0 Å². The van der Waals surface area contributed by atoms with Gasteiger partial charge in [-0.15, -0.1) is 0 Å². The molecule has 0 fully saturated rings. The van der Waals surface area contributed by atoms with Crippen LogP contribution < -0.4 is 28.3 Å². The normalized spacial score (nSPS) is 11.2. The topological polar surface area (TPSA) is 0 Å². The van der Waals surface area contributed by atoms with E-state index < -0.39 is 7.26 Å². The highest BCUT2D eigenvalue weighted by atomic mass is 35.5. The SMILES string of the molecule is CCCCCCCCCCCCCC[P+](c1ccccc1)(c1ccccc1)c1ccccc1.[Cl-]. The van der Waals surface area contributed by atoms with E-state index in [2.05, 4.69) is 97.9 Å². The van der Waals surface area contributed by atoms with Gasteiger partial charge in [0.25, 0.3) is 0 Å². The number of benzene rings is 3. The molecule has 3 aromatic carbocycles. The van der Waals surface area contributed by atoms with Crippen LogP contribution in [0.2, 0.25) is 0 Å². The van der Waals surface area contributed by atoms with Crippen LogP contribution in [0.5, 0.6) is 0 Å². The molecular formula is C32H44ClP. The summed E-state index contributed by atoms with van der Waals surface area (Å²) in [5.74, 6) is 0. The van der Waals surface area contributed by atoms with E-state index in [1.807, 2.05) is 0 Å². The predicted molar refractivity (Wildman–Crippen MR) is 151 cm³/mol. The van der Waals surface area contributed by atoms with Crippen molar-refractivity contribution in [2.24, 2.45) is 0 Å². The Kier molecular flexibility index (Phi) is 14.2. The summed E-state index contributed by atoms with van der Waals surface area (Å²) < 4.78 is 0. The standard InChI is InChI=1S/C32H44P.ClH/c1-2-3-4-5-6-7-8-9-10-11-12-22-29-33(30-23-16-13-17-24-30,31-25-18-14-19-26-31)32-27-20-15-21-28-32;/h13-21,23-28H,2-12,22,29H2,1H3;1H/q+1;/p-1. The molecule has 34 heavy (non-hydrogen) atoms. The van der Waals surface area contributed by atoms with E-state index in [4.69, 9.17) is 0 Å². The summed E-state index contributed by atoms with van der Waals surface area (Å²) in [5, 5.41) is 4.56. The van der Waals surface area contributed by atoms with Crippen LogP contribution in [0.1, 0.15) is 84.0 Å². The van der Waals surface area contributed by atoms with Crippen molar-refractivity contribution in [2.75, 3.05) is 6.16 Å². The second kappa shape index (κ2) is 16.9. The molecule has 184 valence electrons. The summed E-state index contributed by atoms with van der Waals surface area (Å²) in [5.41, 5.74) is 0. The molecule has 0 aromatic heterocycles. The highest BCUT2D eigenvalue weighted by Gasteiger charge is 2.44. The first kappa shape index (κ1) is 28.6. The Bertz CT molecular complexity index is 767. The molecule has 0 atom stereocenters. The largest absolute Gasteiger partial charge is 1.00 e. The van der Waals surface area contributed by atoms with Crippen LogP contribution in [0.15, 0.2) is 91.0 Å². The Morgan fingerprint density at radius 2 is 0.706 bits per heavy atom. The van der Waals surface area contributed by atoms with Crippen LogP contribution in [0, 0.1) is 0 Å². The first-order chi connectivity index (χ1) is 16.4. The number of rotatable bonds is 16. The molecule has 0 aliphatic heterocycles. The molecule has 2 heteroatoms. The highest BCUT2D eigenvalue weighted by molar-refractivity contribution is 7.95. The molecule has 3 rings (SSSR count). The Balaban J connectivity index is 0.00000408. The zero-order valence-corrected chi connectivity index (χ0v) is 22.8. The maximum absolute atomic E-state index is 2.37. The van der Waals surface area contributed by atoms with Crippen LogP contribution in [-0.4, -0.2) is 6.16 Å². The van der Waals surface area contributed by atoms with Crippen LogP contribution in [0.3, 0.4) is 0 Å². The van der Waals surface area contributed by atoms with Gasteiger partial charge in [-0.2, -0.15) is 0 Å². The Labute approximate surface area is 216 Å². The number of unbranched alkanes of at least 4 members (excludes halogenated alkanes) is 11. The van der Waals surface area contributed by atoms with E-state index >= 15 is 0 Å². The molecule has 0 saturated carbocycles. The third kappa shape index (κ3) is 8.55. The molecule has 0 nitrogen and oxygen atoms in total. The van der Waals surface area contributed by atoms with Crippen molar-refractivity contribution in [3.05, 3.63) is 91.0 Å². The van der Waals surface area contributed by atoms with E-state index in [1.165, 1.54) is 99.1 Å². The molecular weight excluding hydrogens is 451 g/mol. The van der Waals surface area contributed by atoms with Crippen molar-refractivity contribution in [3.63, 3.8) is 0 Å². The average Bonchev–Trinajstić information content (AvgIpc) is 2.89. The van der Waals surface area contributed by atoms with E-state index in [0.29, 0.717) is 0 Å². The minimum Gasteiger partial charge on any atom is -1.00 e. The van der Waals surface area contributed by atoms with Gasteiger partial charge in [0, 0.05) is 0 Å². The van der Waals surface area contributed by atoms with Gasteiger partial charge in [0.05, 0.1) is 6.16 Å². The second-order valence-electron chi connectivity index (χ2n) is 9.43. The smallest absolute Gasteiger partial charge is 0.112 e. The molecule has 0 spiro atoms. The lowest BCUT2D eigenvalue weighted by Gasteiger charge is -2.27. The lowest BCUT2D eigenvalue weighted by atomic mass is 10.1. The van der Waals surface area contributed by atoms with Gasteiger partial charge in [0.1, 0.15) is 23.2 Å². The fourth-order valence-corrected chi connectivity index (χ4v) is 9.48. The minimum atomic E-state index is -1.63. The highest BCUT2D eigenvalue weighted by Crippen LogP contribution is 2.55. The number of halogens is 1. The zero-order chi connectivity index (χ0) is 23.0. The molecule has 0 unspecified atom stereocenters. The molecule has 0 radical (unpaired) electrons. The third-order valence-corrected chi connectivity index (χ3v) is 11.5. The molecule has 0 aliphatic carbocycles. The van der Waals surface area contributed by atoms with Crippen LogP contribution in [0.4, 0.5) is 0 Å². The maximum Gasteiger partial charge on any atom is 0.112 e. The molecule has 3 aromatic rings. The maximum atomic E-state index is 2.37. The summed E-state index contributed by atoms with van der Waals surface area (Å²) in [7, 11) is -1.63. The third-order valence-electron chi connectivity index (χ3n) is 6.94. The van der Waals surface area contributed by atoms with Gasteiger partial charge < -0.3 is 12.4 Å². The van der Waals surface area contributed by atoms with E-state index in [1.54, 1.807) is 0 Å². The number of hydrogen-bond acceptors (Lipinski definition) is 0. The summed E-state index contributed by atoms with van der Waals surface area (Å²) in [4.78, 5) is 0. The molecule has 0 N–H and O–H groups in total. The van der Waals surface area contributed by atoms with E-state index in [0.717, 1.165) is 0 Å².